The highest BCUT2D eigenvalue weighted by Gasteiger charge is 2.42. The maximum absolute atomic E-state index is 13.1. The van der Waals surface area contributed by atoms with E-state index in [4.69, 9.17) is 0 Å². The van der Waals surface area contributed by atoms with Crippen molar-refractivity contribution in [2.75, 3.05) is 6.61 Å². The summed E-state index contributed by atoms with van der Waals surface area (Å²) < 4.78 is 80.4. The molecule has 0 N–H and O–H groups in total. The van der Waals surface area contributed by atoms with E-state index in [1.165, 1.54) is 6.92 Å². The van der Waals surface area contributed by atoms with Crippen molar-refractivity contribution in [2.24, 2.45) is 0 Å². The van der Waals surface area contributed by atoms with Crippen molar-refractivity contribution in [1.29, 1.82) is 0 Å². The molecule has 0 atom stereocenters. The Kier molecular flexibility index (Phi) is 4.38. The van der Waals surface area contributed by atoms with Crippen LogP contribution in [0.15, 0.2) is 6.20 Å². The first-order valence-electron chi connectivity index (χ1n) is 4.91. The van der Waals surface area contributed by atoms with Crippen molar-refractivity contribution < 1.29 is 35.9 Å². The molecule has 1 heterocycles. The van der Waals surface area contributed by atoms with Crippen molar-refractivity contribution in [3.8, 4) is 0 Å². The number of hydrogen-bond acceptors (Lipinski definition) is 3. The zero-order chi connectivity index (χ0) is 14.8. The fourth-order valence-corrected chi connectivity index (χ4v) is 1.37. The minimum absolute atomic E-state index is 0.0565. The fraction of sp³-hybridized carbons (Fsp3) is 0.400. The lowest BCUT2D eigenvalue weighted by Gasteiger charge is -2.15. The Morgan fingerprint density at radius 3 is 2.42 bits per heavy atom. The number of aromatic nitrogens is 1. The second-order valence-electron chi connectivity index (χ2n) is 3.26. The van der Waals surface area contributed by atoms with E-state index in [0.717, 1.165) is 0 Å². The van der Waals surface area contributed by atoms with E-state index in [0.29, 0.717) is 0 Å². The van der Waals surface area contributed by atoms with Gasteiger partial charge in [0, 0.05) is 0 Å². The lowest BCUT2D eigenvalue weighted by molar-refractivity contribution is -0.142. The highest BCUT2D eigenvalue weighted by Crippen LogP contribution is 2.39. The van der Waals surface area contributed by atoms with Gasteiger partial charge in [0.2, 0.25) is 0 Å². The number of carbonyl (C=O) groups is 1. The standard InChI is InChI=1S/C10H7F6NO2/c1-2-19-9(18)7-5(8(12)13)6(10(14,15)16)4(11)3-17-7/h3,8H,2H2,1H3. The minimum Gasteiger partial charge on any atom is -0.461 e. The summed E-state index contributed by atoms with van der Waals surface area (Å²) >= 11 is 0. The van der Waals surface area contributed by atoms with E-state index in [2.05, 4.69) is 9.72 Å². The third kappa shape index (κ3) is 3.15. The zero-order valence-corrected chi connectivity index (χ0v) is 9.39. The second-order valence-corrected chi connectivity index (χ2v) is 3.26. The molecule has 0 saturated heterocycles. The van der Waals surface area contributed by atoms with Gasteiger partial charge in [0.1, 0.15) is 5.56 Å². The summed E-state index contributed by atoms with van der Waals surface area (Å²) in [5.74, 6) is -3.45. The van der Waals surface area contributed by atoms with Gasteiger partial charge in [-0.05, 0) is 6.92 Å². The smallest absolute Gasteiger partial charge is 0.419 e. The first-order valence-corrected chi connectivity index (χ1v) is 4.91. The number of pyridine rings is 1. The molecule has 0 aromatic carbocycles. The number of hydrogen-bond donors (Lipinski definition) is 0. The average Bonchev–Trinajstić information content (AvgIpc) is 2.26. The fourth-order valence-electron chi connectivity index (χ4n) is 1.37. The largest absolute Gasteiger partial charge is 0.461 e. The van der Waals surface area contributed by atoms with Gasteiger partial charge in [-0.2, -0.15) is 13.2 Å². The predicted molar refractivity (Wildman–Crippen MR) is 50.1 cm³/mol. The van der Waals surface area contributed by atoms with Crippen LogP contribution in [0.4, 0.5) is 26.3 Å². The lowest BCUT2D eigenvalue weighted by atomic mass is 10.1. The van der Waals surface area contributed by atoms with E-state index in [9.17, 15) is 31.1 Å². The maximum Gasteiger partial charge on any atom is 0.419 e. The molecule has 0 aliphatic heterocycles. The van der Waals surface area contributed by atoms with Crippen molar-refractivity contribution in [3.05, 3.63) is 28.8 Å². The summed E-state index contributed by atoms with van der Waals surface area (Å²) in [6.07, 6.45) is -9.04. The molecular weight excluding hydrogens is 280 g/mol. The molecule has 0 unspecified atom stereocenters. The Hall–Kier alpha value is -1.80. The van der Waals surface area contributed by atoms with Gasteiger partial charge >= 0.3 is 12.1 Å². The van der Waals surface area contributed by atoms with Crippen molar-refractivity contribution in [2.45, 2.75) is 19.5 Å². The molecule has 106 valence electrons. The highest BCUT2D eigenvalue weighted by molar-refractivity contribution is 5.89. The summed E-state index contributed by atoms with van der Waals surface area (Å²) in [4.78, 5) is 14.2. The van der Waals surface area contributed by atoms with Crippen LogP contribution in [0.3, 0.4) is 0 Å². The number of carbonyl (C=O) groups excluding carboxylic acids is 1. The molecule has 0 aliphatic carbocycles. The lowest BCUT2D eigenvalue weighted by Crippen LogP contribution is -2.19. The van der Waals surface area contributed by atoms with E-state index in [1.54, 1.807) is 0 Å². The third-order valence-corrected chi connectivity index (χ3v) is 2.04. The van der Waals surface area contributed by atoms with Gasteiger partial charge in [0.15, 0.2) is 11.5 Å². The Morgan fingerprint density at radius 2 is 2.00 bits per heavy atom. The number of halogens is 6. The molecule has 0 bridgehead atoms. The van der Waals surface area contributed by atoms with Crippen LogP contribution in [0.5, 0.6) is 0 Å². The van der Waals surface area contributed by atoms with Gasteiger partial charge in [-0.15, -0.1) is 0 Å². The van der Waals surface area contributed by atoms with E-state index in [1.807, 2.05) is 0 Å². The second kappa shape index (κ2) is 5.45. The first-order chi connectivity index (χ1) is 8.70. The van der Waals surface area contributed by atoms with Crippen LogP contribution in [-0.2, 0) is 10.9 Å². The molecule has 0 saturated carbocycles. The van der Waals surface area contributed by atoms with Gasteiger partial charge in [0.25, 0.3) is 6.43 Å². The predicted octanol–water partition coefficient (Wildman–Crippen LogP) is 3.35. The monoisotopic (exact) mass is 287 g/mol. The number of nitrogens with zero attached hydrogens (tertiary/aromatic N) is 1. The van der Waals surface area contributed by atoms with Crippen LogP contribution in [0.1, 0.15) is 35.0 Å². The summed E-state index contributed by atoms with van der Waals surface area (Å²) in [6.45, 7) is 1.08. The van der Waals surface area contributed by atoms with Crippen LogP contribution in [0.2, 0.25) is 0 Å². The molecule has 0 spiro atoms. The quantitative estimate of drug-likeness (QED) is 0.632. The topological polar surface area (TPSA) is 39.2 Å². The Morgan fingerprint density at radius 1 is 1.42 bits per heavy atom. The summed E-state index contributed by atoms with van der Waals surface area (Å²) in [6, 6.07) is 0. The molecule has 0 amide bonds. The van der Waals surface area contributed by atoms with E-state index >= 15 is 0 Å². The Labute approximate surface area is 103 Å². The molecule has 1 rings (SSSR count). The van der Waals surface area contributed by atoms with Gasteiger partial charge in [-0.25, -0.2) is 22.9 Å². The van der Waals surface area contributed by atoms with Crippen molar-refractivity contribution in [3.63, 3.8) is 0 Å². The normalized spacial score (nSPS) is 11.8. The average molecular weight is 287 g/mol. The number of alkyl halides is 5. The zero-order valence-electron chi connectivity index (χ0n) is 9.39. The van der Waals surface area contributed by atoms with Crippen molar-refractivity contribution in [1.82, 2.24) is 4.98 Å². The Balaban J connectivity index is 3.55. The van der Waals surface area contributed by atoms with Gasteiger partial charge in [0.05, 0.1) is 18.4 Å². The molecular formula is C10H7F6NO2. The van der Waals surface area contributed by atoms with E-state index < -0.39 is 41.2 Å². The number of rotatable bonds is 3. The molecule has 0 aliphatic rings. The van der Waals surface area contributed by atoms with Gasteiger partial charge in [-0.3, -0.25) is 0 Å². The molecule has 1 aromatic heterocycles. The first kappa shape index (κ1) is 15.3. The molecule has 3 nitrogen and oxygen atoms in total. The number of esters is 1. The molecule has 0 fully saturated rings. The van der Waals surface area contributed by atoms with Crippen LogP contribution < -0.4 is 0 Å². The van der Waals surface area contributed by atoms with Gasteiger partial charge in [-0.1, -0.05) is 0 Å². The molecule has 19 heavy (non-hydrogen) atoms. The van der Waals surface area contributed by atoms with Gasteiger partial charge < -0.3 is 4.74 Å². The summed E-state index contributed by atoms with van der Waals surface area (Å²) in [5, 5.41) is 0. The van der Waals surface area contributed by atoms with Crippen LogP contribution in [-0.4, -0.2) is 17.6 Å². The van der Waals surface area contributed by atoms with Crippen molar-refractivity contribution >= 4 is 5.97 Å². The van der Waals surface area contributed by atoms with Crippen LogP contribution >= 0.6 is 0 Å². The molecule has 1 aromatic rings. The van der Waals surface area contributed by atoms with E-state index in [-0.39, 0.29) is 12.8 Å². The Bertz CT molecular complexity index is 486. The SMILES string of the molecule is CCOC(=O)c1ncc(F)c(C(F)(F)F)c1C(F)F. The minimum atomic E-state index is -5.37. The summed E-state index contributed by atoms with van der Waals surface area (Å²) in [7, 11) is 0. The van der Waals surface area contributed by atoms with Crippen LogP contribution in [0, 0.1) is 5.82 Å². The molecule has 9 heteroatoms. The maximum atomic E-state index is 13.1. The molecule has 0 radical (unpaired) electrons. The van der Waals surface area contributed by atoms with Crippen LogP contribution in [0.25, 0.3) is 0 Å². The third-order valence-electron chi connectivity index (χ3n) is 2.04. The highest BCUT2D eigenvalue weighted by atomic mass is 19.4. The number of ether oxygens (including phenoxy) is 1. The summed E-state index contributed by atoms with van der Waals surface area (Å²) in [5.41, 5.74) is -5.27.